The van der Waals surface area contributed by atoms with Gasteiger partial charge in [0.25, 0.3) is 0 Å². The van der Waals surface area contributed by atoms with Crippen molar-refractivity contribution in [1.29, 1.82) is 0 Å². The number of amides is 1. The summed E-state index contributed by atoms with van der Waals surface area (Å²) in [6, 6.07) is 5.73. The summed E-state index contributed by atoms with van der Waals surface area (Å²) in [6.07, 6.45) is 2.58. The van der Waals surface area contributed by atoms with Gasteiger partial charge in [-0.05, 0) is 50.4 Å². The van der Waals surface area contributed by atoms with Crippen LogP contribution in [0.4, 0.5) is 5.69 Å². The highest BCUT2D eigenvalue weighted by Gasteiger charge is 2.25. The van der Waals surface area contributed by atoms with Gasteiger partial charge in [0.2, 0.25) is 5.91 Å². The normalized spacial score (nSPS) is 23.1. The second kappa shape index (κ2) is 6.06. The third-order valence-corrected chi connectivity index (χ3v) is 3.72. The number of phenols is 1. The molecule has 1 heterocycles. The number of phenolic OH excluding ortho intramolecular Hbond substituents is 1. The van der Waals surface area contributed by atoms with Gasteiger partial charge in [0.15, 0.2) is 0 Å². The lowest BCUT2D eigenvalue weighted by atomic mass is 9.92. The Kier molecular flexibility index (Phi) is 4.43. The van der Waals surface area contributed by atoms with Crippen molar-refractivity contribution in [3.63, 3.8) is 0 Å². The number of carbonyl (C=O) groups excluding carboxylic acids is 1. The van der Waals surface area contributed by atoms with E-state index in [2.05, 4.69) is 17.6 Å². The predicted molar refractivity (Wildman–Crippen MR) is 76.3 cm³/mol. The SMILES string of the molecule is CCc1ccc(O)c(NC(=O)C2CCNC(C)C2)c1. The van der Waals surface area contributed by atoms with Gasteiger partial charge < -0.3 is 15.7 Å². The Morgan fingerprint density at radius 1 is 1.53 bits per heavy atom. The van der Waals surface area contributed by atoms with Gasteiger partial charge in [0.05, 0.1) is 5.69 Å². The van der Waals surface area contributed by atoms with Crippen LogP contribution in [0.3, 0.4) is 0 Å². The van der Waals surface area contributed by atoms with Crippen LogP contribution in [0.2, 0.25) is 0 Å². The monoisotopic (exact) mass is 262 g/mol. The smallest absolute Gasteiger partial charge is 0.227 e. The van der Waals surface area contributed by atoms with E-state index in [1.54, 1.807) is 6.07 Å². The molecule has 1 aliphatic heterocycles. The molecule has 1 amide bonds. The molecule has 0 radical (unpaired) electrons. The fourth-order valence-electron chi connectivity index (χ4n) is 2.51. The third-order valence-electron chi connectivity index (χ3n) is 3.72. The van der Waals surface area contributed by atoms with E-state index >= 15 is 0 Å². The van der Waals surface area contributed by atoms with Gasteiger partial charge >= 0.3 is 0 Å². The Bertz CT molecular complexity index is 459. The van der Waals surface area contributed by atoms with E-state index in [0.29, 0.717) is 11.7 Å². The number of rotatable bonds is 3. The van der Waals surface area contributed by atoms with Crippen LogP contribution in [0.25, 0.3) is 0 Å². The maximum absolute atomic E-state index is 12.2. The molecule has 1 saturated heterocycles. The van der Waals surface area contributed by atoms with Crippen LogP contribution < -0.4 is 10.6 Å². The quantitative estimate of drug-likeness (QED) is 0.732. The molecule has 0 aliphatic carbocycles. The summed E-state index contributed by atoms with van der Waals surface area (Å²) in [7, 11) is 0. The molecule has 0 aromatic heterocycles. The van der Waals surface area contributed by atoms with Gasteiger partial charge in [-0.3, -0.25) is 4.79 Å². The van der Waals surface area contributed by atoms with Crippen molar-refractivity contribution in [2.75, 3.05) is 11.9 Å². The summed E-state index contributed by atoms with van der Waals surface area (Å²) < 4.78 is 0. The molecule has 104 valence electrons. The molecule has 0 saturated carbocycles. The molecule has 1 aliphatic rings. The van der Waals surface area contributed by atoms with E-state index in [-0.39, 0.29) is 17.6 Å². The Morgan fingerprint density at radius 2 is 2.32 bits per heavy atom. The fourth-order valence-corrected chi connectivity index (χ4v) is 2.51. The second-order valence-electron chi connectivity index (χ2n) is 5.27. The number of anilines is 1. The van der Waals surface area contributed by atoms with Crippen molar-refractivity contribution >= 4 is 11.6 Å². The van der Waals surface area contributed by atoms with Crippen LogP contribution in [0.15, 0.2) is 18.2 Å². The largest absolute Gasteiger partial charge is 0.506 e. The molecule has 19 heavy (non-hydrogen) atoms. The lowest BCUT2D eigenvalue weighted by Gasteiger charge is -2.27. The van der Waals surface area contributed by atoms with Crippen LogP contribution in [0.1, 0.15) is 32.3 Å². The molecular weight excluding hydrogens is 240 g/mol. The number of aromatic hydroxyl groups is 1. The van der Waals surface area contributed by atoms with Crippen molar-refractivity contribution in [2.45, 2.75) is 39.2 Å². The average Bonchev–Trinajstić information content (AvgIpc) is 2.41. The summed E-state index contributed by atoms with van der Waals surface area (Å²) >= 11 is 0. The van der Waals surface area contributed by atoms with Gasteiger partial charge in [-0.1, -0.05) is 13.0 Å². The van der Waals surface area contributed by atoms with Gasteiger partial charge in [0.1, 0.15) is 5.75 Å². The molecule has 0 bridgehead atoms. The highest BCUT2D eigenvalue weighted by molar-refractivity contribution is 5.94. The van der Waals surface area contributed by atoms with E-state index in [4.69, 9.17) is 0 Å². The minimum Gasteiger partial charge on any atom is -0.506 e. The first-order valence-corrected chi connectivity index (χ1v) is 6.96. The van der Waals surface area contributed by atoms with Crippen molar-refractivity contribution in [3.05, 3.63) is 23.8 Å². The van der Waals surface area contributed by atoms with Crippen LogP contribution in [-0.2, 0) is 11.2 Å². The third kappa shape index (κ3) is 3.47. The van der Waals surface area contributed by atoms with Crippen LogP contribution in [-0.4, -0.2) is 23.6 Å². The highest BCUT2D eigenvalue weighted by Crippen LogP contribution is 2.26. The lowest BCUT2D eigenvalue weighted by molar-refractivity contribution is -0.120. The zero-order valence-electron chi connectivity index (χ0n) is 11.6. The molecule has 1 aromatic rings. The fraction of sp³-hybridized carbons (Fsp3) is 0.533. The van der Waals surface area contributed by atoms with Gasteiger partial charge in [-0.25, -0.2) is 0 Å². The minimum absolute atomic E-state index is 0.0110. The highest BCUT2D eigenvalue weighted by atomic mass is 16.3. The number of piperidine rings is 1. The van der Waals surface area contributed by atoms with E-state index < -0.39 is 0 Å². The molecule has 4 heteroatoms. The average molecular weight is 262 g/mol. The maximum atomic E-state index is 12.2. The van der Waals surface area contributed by atoms with Crippen LogP contribution >= 0.6 is 0 Å². The zero-order chi connectivity index (χ0) is 13.8. The predicted octanol–water partition coefficient (Wildman–Crippen LogP) is 2.28. The Balaban J connectivity index is 2.05. The number of carbonyl (C=O) groups is 1. The first kappa shape index (κ1) is 13.9. The molecular formula is C15H22N2O2. The van der Waals surface area contributed by atoms with Crippen molar-refractivity contribution in [3.8, 4) is 5.75 Å². The molecule has 2 atom stereocenters. The van der Waals surface area contributed by atoms with E-state index in [0.717, 1.165) is 31.4 Å². The van der Waals surface area contributed by atoms with Crippen LogP contribution in [0, 0.1) is 5.92 Å². The standard InChI is InChI=1S/C15H22N2O2/c1-3-11-4-5-14(18)13(9-11)17-15(19)12-6-7-16-10(2)8-12/h4-5,9-10,12,16,18H,3,6-8H2,1-2H3,(H,17,19). The molecule has 1 aromatic carbocycles. The van der Waals surface area contributed by atoms with Gasteiger partial charge in [-0.2, -0.15) is 0 Å². The van der Waals surface area contributed by atoms with Gasteiger partial charge in [-0.15, -0.1) is 0 Å². The van der Waals surface area contributed by atoms with Crippen molar-refractivity contribution in [1.82, 2.24) is 5.32 Å². The van der Waals surface area contributed by atoms with Crippen molar-refractivity contribution in [2.24, 2.45) is 5.92 Å². The molecule has 0 spiro atoms. The number of hydrogen-bond donors (Lipinski definition) is 3. The zero-order valence-corrected chi connectivity index (χ0v) is 11.6. The first-order chi connectivity index (χ1) is 9.10. The molecule has 1 fully saturated rings. The Morgan fingerprint density at radius 3 is 3.00 bits per heavy atom. The molecule has 3 N–H and O–H groups in total. The number of hydrogen-bond acceptors (Lipinski definition) is 3. The molecule has 2 unspecified atom stereocenters. The maximum Gasteiger partial charge on any atom is 0.227 e. The summed E-state index contributed by atoms with van der Waals surface area (Å²) in [6.45, 7) is 5.02. The lowest BCUT2D eigenvalue weighted by Crippen LogP contribution is -2.40. The summed E-state index contributed by atoms with van der Waals surface area (Å²) in [5.74, 6) is 0.172. The topological polar surface area (TPSA) is 61.4 Å². The molecule has 4 nitrogen and oxygen atoms in total. The van der Waals surface area contributed by atoms with Gasteiger partial charge in [0, 0.05) is 12.0 Å². The van der Waals surface area contributed by atoms with Crippen molar-refractivity contribution < 1.29 is 9.90 Å². The first-order valence-electron chi connectivity index (χ1n) is 6.96. The Hall–Kier alpha value is -1.55. The molecule has 2 rings (SSSR count). The number of aryl methyl sites for hydroxylation is 1. The summed E-state index contributed by atoms with van der Waals surface area (Å²) in [5.41, 5.74) is 1.63. The number of benzene rings is 1. The van der Waals surface area contributed by atoms with E-state index in [1.165, 1.54) is 0 Å². The van der Waals surface area contributed by atoms with Crippen LogP contribution in [0.5, 0.6) is 5.75 Å². The second-order valence-corrected chi connectivity index (χ2v) is 5.27. The summed E-state index contributed by atoms with van der Waals surface area (Å²) in [4.78, 5) is 12.2. The Labute approximate surface area is 114 Å². The number of nitrogens with one attached hydrogen (secondary N) is 2. The van der Waals surface area contributed by atoms with E-state index in [1.807, 2.05) is 19.1 Å². The summed E-state index contributed by atoms with van der Waals surface area (Å²) in [5, 5.41) is 16.0. The van der Waals surface area contributed by atoms with E-state index in [9.17, 15) is 9.90 Å². The minimum atomic E-state index is 0.0110.